The van der Waals surface area contributed by atoms with Gasteiger partial charge >= 0.3 is 0 Å². The maximum atomic E-state index is 13.2. The molecule has 0 heterocycles. The maximum Gasteiger partial charge on any atom is 0.242 e. The second-order valence-electron chi connectivity index (χ2n) is 8.58. The van der Waals surface area contributed by atoms with E-state index in [1.54, 1.807) is 16.7 Å². The van der Waals surface area contributed by atoms with Gasteiger partial charge in [-0.15, -0.1) is 11.8 Å². The van der Waals surface area contributed by atoms with E-state index in [4.69, 9.17) is 23.2 Å². The lowest BCUT2D eigenvalue weighted by atomic mass is 9.95. The van der Waals surface area contributed by atoms with Crippen molar-refractivity contribution in [3.8, 4) is 0 Å². The Morgan fingerprint density at radius 1 is 1.06 bits per heavy atom. The number of rotatable bonds is 10. The van der Waals surface area contributed by atoms with Gasteiger partial charge in [0, 0.05) is 33.9 Å². The van der Waals surface area contributed by atoms with Crippen molar-refractivity contribution in [2.24, 2.45) is 0 Å². The van der Waals surface area contributed by atoms with Crippen LogP contribution in [-0.2, 0) is 16.1 Å². The lowest BCUT2D eigenvalue weighted by Gasteiger charge is -2.31. The molecule has 33 heavy (non-hydrogen) atoms. The molecular weight excluding hydrogens is 475 g/mol. The summed E-state index contributed by atoms with van der Waals surface area (Å²) in [5.41, 5.74) is 0.920. The van der Waals surface area contributed by atoms with E-state index in [-0.39, 0.29) is 17.9 Å². The topological polar surface area (TPSA) is 49.4 Å². The summed E-state index contributed by atoms with van der Waals surface area (Å²) in [6.45, 7) is 2.19. The monoisotopic (exact) mass is 506 g/mol. The molecule has 3 rings (SSSR count). The summed E-state index contributed by atoms with van der Waals surface area (Å²) in [5.74, 6) is 0.729. The number of benzene rings is 2. The van der Waals surface area contributed by atoms with Crippen LogP contribution in [0.25, 0.3) is 0 Å². The third-order valence-electron chi connectivity index (χ3n) is 5.98. The van der Waals surface area contributed by atoms with Crippen LogP contribution in [0.1, 0.15) is 57.4 Å². The number of nitrogens with zero attached hydrogens (tertiary/aromatic N) is 1. The van der Waals surface area contributed by atoms with Crippen LogP contribution in [0.15, 0.2) is 53.4 Å². The first kappa shape index (κ1) is 25.9. The highest BCUT2D eigenvalue weighted by molar-refractivity contribution is 7.99. The molecule has 4 nitrogen and oxygen atoms in total. The second kappa shape index (κ2) is 13.3. The second-order valence-corrected chi connectivity index (χ2v) is 10.6. The third kappa shape index (κ3) is 8.55. The summed E-state index contributed by atoms with van der Waals surface area (Å²) in [4.78, 5) is 29.0. The minimum Gasteiger partial charge on any atom is -0.352 e. The van der Waals surface area contributed by atoms with Gasteiger partial charge in [-0.1, -0.05) is 54.6 Å². The van der Waals surface area contributed by atoms with Gasteiger partial charge in [0.15, 0.2) is 0 Å². The number of nitrogens with one attached hydrogen (secondary N) is 1. The summed E-state index contributed by atoms with van der Waals surface area (Å²) in [7, 11) is 0. The molecule has 2 aromatic rings. The van der Waals surface area contributed by atoms with Crippen molar-refractivity contribution in [3.05, 3.63) is 64.1 Å². The molecule has 0 aromatic heterocycles. The fourth-order valence-electron chi connectivity index (χ4n) is 4.07. The van der Waals surface area contributed by atoms with Crippen LogP contribution in [0.4, 0.5) is 0 Å². The van der Waals surface area contributed by atoms with Gasteiger partial charge in [-0.2, -0.15) is 0 Å². The van der Waals surface area contributed by atoms with Crippen molar-refractivity contribution < 1.29 is 9.59 Å². The molecule has 1 saturated carbocycles. The minimum atomic E-state index is -0.540. The highest BCUT2D eigenvalue weighted by Gasteiger charge is 2.27. The van der Waals surface area contributed by atoms with E-state index in [9.17, 15) is 9.59 Å². The summed E-state index contributed by atoms with van der Waals surface area (Å²) < 4.78 is 0. The van der Waals surface area contributed by atoms with Crippen molar-refractivity contribution in [1.29, 1.82) is 0 Å². The van der Waals surface area contributed by atoms with Crippen molar-refractivity contribution in [2.45, 2.75) is 75.4 Å². The summed E-state index contributed by atoms with van der Waals surface area (Å²) in [5, 5.41) is 4.51. The van der Waals surface area contributed by atoms with Crippen LogP contribution in [0.2, 0.25) is 10.0 Å². The van der Waals surface area contributed by atoms with Crippen molar-refractivity contribution in [1.82, 2.24) is 10.2 Å². The lowest BCUT2D eigenvalue weighted by Crippen LogP contribution is -2.50. The average molecular weight is 508 g/mol. The molecule has 1 aliphatic rings. The first-order valence-corrected chi connectivity index (χ1v) is 13.4. The molecule has 0 aliphatic heterocycles. The highest BCUT2D eigenvalue weighted by Crippen LogP contribution is 2.23. The summed E-state index contributed by atoms with van der Waals surface area (Å²) in [6, 6.07) is 14.9. The molecule has 0 radical (unpaired) electrons. The predicted molar refractivity (Wildman–Crippen MR) is 138 cm³/mol. The molecule has 1 atom stereocenters. The number of carbonyl (C=O) groups is 2. The predicted octanol–water partition coefficient (Wildman–Crippen LogP) is 6.73. The van der Waals surface area contributed by atoms with E-state index in [0.29, 0.717) is 23.0 Å². The smallest absolute Gasteiger partial charge is 0.242 e. The van der Waals surface area contributed by atoms with Gasteiger partial charge in [0.25, 0.3) is 0 Å². The number of hydrogen-bond acceptors (Lipinski definition) is 3. The van der Waals surface area contributed by atoms with Crippen molar-refractivity contribution in [2.75, 3.05) is 5.75 Å². The molecule has 1 N–H and O–H groups in total. The maximum absolute atomic E-state index is 13.2. The first-order valence-electron chi connectivity index (χ1n) is 11.6. The Hall–Kier alpha value is -1.69. The Kier molecular flexibility index (Phi) is 10.4. The quantitative estimate of drug-likeness (QED) is 0.287. The molecule has 1 fully saturated rings. The van der Waals surface area contributed by atoms with Crippen LogP contribution in [0.5, 0.6) is 0 Å². The average Bonchev–Trinajstić information content (AvgIpc) is 2.81. The van der Waals surface area contributed by atoms with E-state index < -0.39 is 6.04 Å². The van der Waals surface area contributed by atoms with E-state index >= 15 is 0 Å². The number of halogens is 2. The molecule has 1 aliphatic carbocycles. The molecule has 2 amide bonds. The zero-order chi connectivity index (χ0) is 23.6. The van der Waals surface area contributed by atoms with Gasteiger partial charge in [0.05, 0.1) is 0 Å². The van der Waals surface area contributed by atoms with Crippen LogP contribution in [-0.4, -0.2) is 34.6 Å². The molecule has 0 unspecified atom stereocenters. The van der Waals surface area contributed by atoms with Gasteiger partial charge in [0.1, 0.15) is 6.04 Å². The molecule has 0 spiro atoms. The van der Waals surface area contributed by atoms with E-state index in [0.717, 1.165) is 48.3 Å². The van der Waals surface area contributed by atoms with Crippen LogP contribution >= 0.6 is 35.0 Å². The fraction of sp³-hybridized carbons (Fsp3) is 0.462. The van der Waals surface area contributed by atoms with Crippen LogP contribution in [0.3, 0.4) is 0 Å². The van der Waals surface area contributed by atoms with Crippen molar-refractivity contribution >= 4 is 46.8 Å². The van der Waals surface area contributed by atoms with Gasteiger partial charge in [-0.25, -0.2) is 0 Å². The van der Waals surface area contributed by atoms with E-state index in [1.165, 1.54) is 6.42 Å². The Labute approximate surface area is 211 Å². The Bertz CT molecular complexity index is 917. The molecular formula is C26H32Cl2N2O2S. The largest absolute Gasteiger partial charge is 0.352 e. The number of amides is 2. The highest BCUT2D eigenvalue weighted by atomic mass is 35.5. The Morgan fingerprint density at radius 2 is 1.79 bits per heavy atom. The molecule has 2 aromatic carbocycles. The van der Waals surface area contributed by atoms with E-state index in [2.05, 4.69) is 5.32 Å². The SMILES string of the molecule is C[C@@H](C(=O)NC1CCCCC1)N(Cc1cccc(Cl)c1)C(=O)CCCSc1ccc(Cl)cc1. The zero-order valence-electron chi connectivity index (χ0n) is 19.1. The lowest BCUT2D eigenvalue weighted by molar-refractivity contribution is -0.141. The zero-order valence-corrected chi connectivity index (χ0v) is 21.4. The number of thioether (sulfide) groups is 1. The molecule has 0 bridgehead atoms. The van der Waals surface area contributed by atoms with Gasteiger partial charge in [-0.3, -0.25) is 9.59 Å². The number of carbonyl (C=O) groups excluding carboxylic acids is 2. The number of hydrogen-bond donors (Lipinski definition) is 1. The van der Waals surface area contributed by atoms with E-state index in [1.807, 2.05) is 55.5 Å². The van der Waals surface area contributed by atoms with Gasteiger partial charge in [-0.05, 0) is 73.9 Å². The normalized spacial score (nSPS) is 15.1. The molecule has 0 saturated heterocycles. The Balaban J connectivity index is 1.60. The molecule has 7 heteroatoms. The molecule has 178 valence electrons. The fourth-order valence-corrected chi connectivity index (χ4v) is 5.26. The summed E-state index contributed by atoms with van der Waals surface area (Å²) >= 11 is 13.8. The standard InChI is InChI=1S/C26H32Cl2N2O2S/c1-19(26(32)29-23-9-3-2-4-10-23)30(18-20-7-5-8-22(28)17-20)25(31)11-6-16-33-24-14-12-21(27)13-15-24/h5,7-8,12-15,17,19,23H,2-4,6,9-11,16,18H2,1H3,(H,29,32)/t19-/m0/s1. The van der Waals surface area contributed by atoms with Gasteiger partial charge < -0.3 is 10.2 Å². The van der Waals surface area contributed by atoms with Gasteiger partial charge in [0.2, 0.25) is 11.8 Å². The minimum absolute atomic E-state index is 0.0158. The Morgan fingerprint density at radius 3 is 2.48 bits per heavy atom. The van der Waals surface area contributed by atoms with Crippen molar-refractivity contribution in [3.63, 3.8) is 0 Å². The third-order valence-corrected chi connectivity index (χ3v) is 7.56. The van der Waals surface area contributed by atoms with Crippen LogP contribution < -0.4 is 5.32 Å². The first-order chi connectivity index (χ1) is 15.9. The summed E-state index contributed by atoms with van der Waals surface area (Å²) in [6.07, 6.45) is 6.68. The van der Waals surface area contributed by atoms with Crippen LogP contribution in [0, 0.1) is 0 Å².